The summed E-state index contributed by atoms with van der Waals surface area (Å²) in [4.78, 5) is 29.9. The van der Waals surface area contributed by atoms with Crippen LogP contribution in [0.2, 0.25) is 0 Å². The lowest BCUT2D eigenvalue weighted by Gasteiger charge is -2.34. The average molecular weight is 628 g/mol. The molecule has 0 fully saturated rings. The van der Waals surface area contributed by atoms with E-state index in [1.165, 1.54) is 24.1 Å². The number of carbonyl (C=O) groups is 2. The molecule has 0 aliphatic heterocycles. The first-order valence-electron chi connectivity index (χ1n) is 15.0. The van der Waals surface area contributed by atoms with Crippen LogP contribution < -0.4 is 14.4 Å². The van der Waals surface area contributed by atoms with Gasteiger partial charge in [-0.05, 0) is 48.2 Å². The van der Waals surface area contributed by atoms with E-state index in [-0.39, 0.29) is 35.4 Å². The molecule has 0 aromatic heterocycles. The number of amides is 2. The maximum absolute atomic E-state index is 14.5. The van der Waals surface area contributed by atoms with Crippen molar-refractivity contribution in [2.45, 2.75) is 44.7 Å². The van der Waals surface area contributed by atoms with Crippen molar-refractivity contribution in [1.29, 1.82) is 0 Å². The average Bonchev–Trinajstić information content (AvgIpc) is 3.05. The van der Waals surface area contributed by atoms with E-state index in [0.717, 1.165) is 21.0 Å². The summed E-state index contributed by atoms with van der Waals surface area (Å²) in [6.45, 7) is 6.01. The standard InChI is InChI=1S/C36H41N3O5S/c1-27(2)24-37-36(41)34(22-29-12-7-5-8-13-29)38(25-30-20-18-28(3)19-21-30)35(40)26-39(31-14-11-15-32(23-31)44-4)45(42,43)33-16-9-6-10-17-33/h5-21,23,27,34H,22,24-26H2,1-4H3,(H,37,41)/t34-/m0/s1. The van der Waals surface area contributed by atoms with E-state index < -0.39 is 28.5 Å². The van der Waals surface area contributed by atoms with E-state index in [1.807, 2.05) is 75.4 Å². The van der Waals surface area contributed by atoms with Crippen LogP contribution in [-0.2, 0) is 32.6 Å². The first-order chi connectivity index (χ1) is 21.6. The van der Waals surface area contributed by atoms with Gasteiger partial charge in [0.25, 0.3) is 10.0 Å². The Morgan fingerprint density at radius 2 is 1.47 bits per heavy atom. The lowest BCUT2D eigenvalue weighted by Crippen LogP contribution is -2.53. The number of ether oxygens (including phenoxy) is 1. The summed E-state index contributed by atoms with van der Waals surface area (Å²) in [6.07, 6.45) is 0.257. The lowest BCUT2D eigenvalue weighted by molar-refractivity contribution is -0.140. The molecule has 2 amide bonds. The van der Waals surface area contributed by atoms with Crippen molar-refractivity contribution in [3.8, 4) is 5.75 Å². The van der Waals surface area contributed by atoms with Crippen LogP contribution in [0, 0.1) is 12.8 Å². The van der Waals surface area contributed by atoms with Crippen LogP contribution in [0.3, 0.4) is 0 Å². The Morgan fingerprint density at radius 1 is 0.822 bits per heavy atom. The number of sulfonamides is 1. The largest absolute Gasteiger partial charge is 0.497 e. The molecule has 1 atom stereocenters. The molecule has 0 saturated carbocycles. The SMILES string of the molecule is COc1cccc(N(CC(=O)N(Cc2ccc(C)cc2)[C@@H](Cc2ccccc2)C(=O)NCC(C)C)S(=O)(=O)c2ccccc2)c1. The molecule has 0 saturated heterocycles. The third kappa shape index (κ3) is 8.95. The van der Waals surface area contributed by atoms with Gasteiger partial charge in [0.15, 0.2) is 0 Å². The fourth-order valence-corrected chi connectivity index (χ4v) is 6.31. The Kier molecular flexibility index (Phi) is 11.4. The maximum Gasteiger partial charge on any atom is 0.264 e. The van der Waals surface area contributed by atoms with Crippen molar-refractivity contribution in [3.63, 3.8) is 0 Å². The number of carbonyl (C=O) groups excluding carboxylic acids is 2. The molecule has 0 heterocycles. The first-order valence-corrected chi connectivity index (χ1v) is 16.4. The van der Waals surface area contributed by atoms with Gasteiger partial charge in [-0.1, -0.05) is 98.3 Å². The quantitative estimate of drug-likeness (QED) is 0.196. The predicted octanol–water partition coefficient (Wildman–Crippen LogP) is 5.61. The molecular weight excluding hydrogens is 586 g/mol. The lowest BCUT2D eigenvalue weighted by atomic mass is 10.0. The minimum Gasteiger partial charge on any atom is -0.497 e. The van der Waals surface area contributed by atoms with Gasteiger partial charge in [-0.2, -0.15) is 0 Å². The number of hydrogen-bond donors (Lipinski definition) is 1. The van der Waals surface area contributed by atoms with Crippen molar-refractivity contribution in [2.24, 2.45) is 5.92 Å². The molecule has 4 rings (SSSR count). The van der Waals surface area contributed by atoms with Crippen molar-refractivity contribution in [1.82, 2.24) is 10.2 Å². The Hall–Kier alpha value is -4.63. The number of nitrogens with one attached hydrogen (secondary N) is 1. The third-order valence-corrected chi connectivity index (χ3v) is 9.17. The van der Waals surface area contributed by atoms with Crippen LogP contribution in [-0.4, -0.2) is 51.4 Å². The molecule has 236 valence electrons. The fraction of sp³-hybridized carbons (Fsp3) is 0.278. The molecule has 4 aromatic rings. The highest BCUT2D eigenvalue weighted by Crippen LogP contribution is 2.28. The molecule has 1 N–H and O–H groups in total. The second-order valence-electron chi connectivity index (χ2n) is 11.4. The zero-order valence-electron chi connectivity index (χ0n) is 26.2. The topological polar surface area (TPSA) is 96.0 Å². The summed E-state index contributed by atoms with van der Waals surface area (Å²) >= 11 is 0. The van der Waals surface area contributed by atoms with Gasteiger partial charge in [0.2, 0.25) is 11.8 Å². The number of rotatable bonds is 14. The fourth-order valence-electron chi connectivity index (χ4n) is 4.88. The normalized spacial score (nSPS) is 11.9. The Morgan fingerprint density at radius 3 is 2.09 bits per heavy atom. The van der Waals surface area contributed by atoms with Crippen molar-refractivity contribution in [3.05, 3.63) is 126 Å². The predicted molar refractivity (Wildman–Crippen MR) is 177 cm³/mol. The number of aryl methyl sites for hydroxylation is 1. The summed E-state index contributed by atoms with van der Waals surface area (Å²) in [5.74, 6) is -0.169. The highest BCUT2D eigenvalue weighted by atomic mass is 32.2. The van der Waals surface area contributed by atoms with Crippen molar-refractivity contribution >= 4 is 27.5 Å². The zero-order valence-corrected chi connectivity index (χ0v) is 27.0. The van der Waals surface area contributed by atoms with Crippen LogP contribution in [0.15, 0.2) is 114 Å². The van der Waals surface area contributed by atoms with Crippen LogP contribution in [0.25, 0.3) is 0 Å². The molecule has 8 nitrogen and oxygen atoms in total. The third-order valence-electron chi connectivity index (χ3n) is 7.38. The molecule has 0 bridgehead atoms. The second-order valence-corrected chi connectivity index (χ2v) is 13.2. The highest BCUT2D eigenvalue weighted by Gasteiger charge is 2.34. The van der Waals surface area contributed by atoms with Crippen molar-refractivity contribution < 1.29 is 22.7 Å². The Labute approximate surface area is 266 Å². The van der Waals surface area contributed by atoms with Gasteiger partial charge in [0.05, 0.1) is 17.7 Å². The molecule has 4 aromatic carbocycles. The van der Waals surface area contributed by atoms with Crippen LogP contribution >= 0.6 is 0 Å². The van der Waals surface area contributed by atoms with E-state index in [9.17, 15) is 18.0 Å². The van der Waals surface area contributed by atoms with Gasteiger partial charge < -0.3 is 15.0 Å². The van der Waals surface area contributed by atoms with E-state index >= 15 is 0 Å². The highest BCUT2D eigenvalue weighted by molar-refractivity contribution is 7.92. The van der Waals surface area contributed by atoms with Crippen LogP contribution in [0.5, 0.6) is 5.75 Å². The summed E-state index contributed by atoms with van der Waals surface area (Å²) in [7, 11) is -2.69. The summed E-state index contributed by atoms with van der Waals surface area (Å²) < 4.78 is 34.6. The van der Waals surface area contributed by atoms with E-state index in [4.69, 9.17) is 4.74 Å². The minimum atomic E-state index is -4.18. The summed E-state index contributed by atoms with van der Waals surface area (Å²) in [5, 5.41) is 3.01. The van der Waals surface area contributed by atoms with E-state index in [0.29, 0.717) is 12.3 Å². The van der Waals surface area contributed by atoms with Gasteiger partial charge in [-0.15, -0.1) is 0 Å². The van der Waals surface area contributed by atoms with Gasteiger partial charge in [-0.25, -0.2) is 8.42 Å². The number of nitrogens with zero attached hydrogens (tertiary/aromatic N) is 2. The van der Waals surface area contributed by atoms with E-state index in [1.54, 1.807) is 42.5 Å². The molecular formula is C36H41N3O5S. The van der Waals surface area contributed by atoms with Crippen LogP contribution in [0.4, 0.5) is 5.69 Å². The smallest absolute Gasteiger partial charge is 0.264 e. The summed E-state index contributed by atoms with van der Waals surface area (Å²) in [6, 6.07) is 30.9. The molecule has 9 heteroatoms. The summed E-state index contributed by atoms with van der Waals surface area (Å²) in [5.41, 5.74) is 3.03. The Bertz CT molecular complexity index is 1660. The number of methoxy groups -OCH3 is 1. The van der Waals surface area contributed by atoms with Gasteiger partial charge in [0.1, 0.15) is 18.3 Å². The molecule has 0 aliphatic carbocycles. The second kappa shape index (κ2) is 15.4. The van der Waals surface area contributed by atoms with Gasteiger partial charge in [-0.3, -0.25) is 13.9 Å². The van der Waals surface area contributed by atoms with Crippen molar-refractivity contribution in [2.75, 3.05) is 24.5 Å². The first kappa shape index (κ1) is 33.3. The number of benzene rings is 4. The molecule has 0 aliphatic rings. The number of anilines is 1. The van der Waals surface area contributed by atoms with Gasteiger partial charge in [0, 0.05) is 25.6 Å². The van der Waals surface area contributed by atoms with Gasteiger partial charge >= 0.3 is 0 Å². The molecule has 0 spiro atoms. The zero-order chi connectivity index (χ0) is 32.4. The molecule has 45 heavy (non-hydrogen) atoms. The van der Waals surface area contributed by atoms with E-state index in [2.05, 4.69) is 5.32 Å². The minimum absolute atomic E-state index is 0.0428. The number of hydrogen-bond acceptors (Lipinski definition) is 5. The molecule has 0 unspecified atom stereocenters. The maximum atomic E-state index is 14.5. The molecule has 0 radical (unpaired) electrons. The monoisotopic (exact) mass is 627 g/mol. The Balaban J connectivity index is 1.80. The van der Waals surface area contributed by atoms with Crippen LogP contribution in [0.1, 0.15) is 30.5 Å².